The van der Waals surface area contributed by atoms with Crippen LogP contribution in [0.15, 0.2) is 0 Å². The molecule has 0 aromatic rings. The monoisotopic (exact) mass is 215 g/mol. The molecule has 0 heterocycles. The van der Waals surface area contributed by atoms with E-state index in [2.05, 4.69) is 0 Å². The number of carbonyl (C=O) groups excluding carboxylic acids is 4. The summed E-state index contributed by atoms with van der Waals surface area (Å²) in [7, 11) is 0. The van der Waals surface area contributed by atoms with E-state index in [9.17, 15) is 0 Å². The van der Waals surface area contributed by atoms with Crippen molar-refractivity contribution in [2.24, 2.45) is 0 Å². The van der Waals surface area contributed by atoms with Crippen molar-refractivity contribution in [1.82, 2.24) is 0 Å². The van der Waals surface area contributed by atoms with Crippen molar-refractivity contribution in [2.75, 3.05) is 0 Å². The third-order valence-electron chi connectivity index (χ3n) is 0.333. The molecule has 0 atom stereocenters. The molecule has 65 valence electrons. The molecule has 0 saturated carbocycles. The van der Waals surface area contributed by atoms with Gasteiger partial charge in [0.25, 0.3) is 0 Å². The number of carboxylic acids is 4. The van der Waals surface area contributed by atoms with Gasteiger partial charge in [-0.15, -0.1) is 0 Å². The Morgan fingerprint density at radius 3 is 0.615 bits per heavy atom. The Kier molecular flexibility index (Phi) is 13.5. The molecule has 0 spiro atoms. The SMILES string of the molecule is O=C([O-])C(=O)[O-].O=C([O-])C(=O)[O-].[K+4]. The zero-order valence-corrected chi connectivity index (χ0v) is 9.39. The number of aliphatic carboxylic acids is 4. The number of hydrogen-bond donors (Lipinski definition) is 0. The minimum atomic E-state index is -2.19. The van der Waals surface area contributed by atoms with E-state index in [0.717, 1.165) is 0 Å². The molecule has 13 heavy (non-hydrogen) atoms. The molecule has 0 rings (SSSR count). The number of hydrogen-bond acceptors (Lipinski definition) is 8. The van der Waals surface area contributed by atoms with E-state index >= 15 is 0 Å². The van der Waals surface area contributed by atoms with Crippen molar-refractivity contribution in [3.8, 4) is 0 Å². The van der Waals surface area contributed by atoms with Gasteiger partial charge < -0.3 is 39.6 Å². The van der Waals surface area contributed by atoms with E-state index < -0.39 is 23.9 Å². The summed E-state index contributed by atoms with van der Waals surface area (Å²) in [4.78, 5) is 35.7. The predicted molar refractivity (Wildman–Crippen MR) is 25.8 cm³/mol. The van der Waals surface area contributed by atoms with Crippen molar-refractivity contribution in [3.05, 3.63) is 0 Å². The van der Waals surface area contributed by atoms with Gasteiger partial charge in [0, 0.05) is 0 Å². The molecule has 9 heteroatoms. The normalized spacial score (nSPS) is 6.77. The van der Waals surface area contributed by atoms with Gasteiger partial charge in [-0.3, -0.25) is 0 Å². The van der Waals surface area contributed by atoms with Crippen LogP contribution in [0, 0.1) is 0 Å². The van der Waals surface area contributed by atoms with Crippen LogP contribution in [0.1, 0.15) is 0 Å². The molecule has 0 bridgehead atoms. The van der Waals surface area contributed by atoms with Crippen LogP contribution < -0.4 is 20.4 Å². The Balaban J connectivity index is -0.000000143. The predicted octanol–water partition coefficient (Wildman–Crippen LogP) is -7.41. The van der Waals surface area contributed by atoms with Crippen LogP contribution in [0.25, 0.3) is 0 Å². The standard InChI is InChI=1S/2C2H2O4.K/c2*3-1(4)2(5)6;/h2*(H,3,4)(H,5,6);/q;;+4/p-4. The second-order valence-corrected chi connectivity index (χ2v) is 1.15. The largest absolute Gasteiger partial charge is 4.00 e. The molecule has 0 saturated heterocycles. The van der Waals surface area contributed by atoms with E-state index in [4.69, 9.17) is 39.6 Å². The molecular weight excluding hydrogens is 215 g/mol. The van der Waals surface area contributed by atoms with Gasteiger partial charge in [-0.2, -0.15) is 0 Å². The number of rotatable bonds is 0. The molecule has 0 amide bonds. The minimum Gasteiger partial charge on any atom is -0.543 e. The fraction of sp³-hybridized carbons (Fsp3) is 0. The quantitative estimate of drug-likeness (QED) is 0.284. The average Bonchev–Trinajstić information content (AvgIpc) is 1.88. The van der Waals surface area contributed by atoms with Crippen molar-refractivity contribution in [1.29, 1.82) is 0 Å². The van der Waals surface area contributed by atoms with Gasteiger partial charge in [0.1, 0.15) is 0 Å². The molecule has 0 aliphatic rings. The van der Waals surface area contributed by atoms with Gasteiger partial charge >= 0.3 is 51.4 Å². The van der Waals surface area contributed by atoms with Crippen molar-refractivity contribution in [3.63, 3.8) is 0 Å². The Morgan fingerprint density at radius 2 is 0.615 bits per heavy atom. The Labute approximate surface area is 114 Å². The minimum absolute atomic E-state index is 0. The topological polar surface area (TPSA) is 161 Å². The molecule has 0 aromatic carbocycles. The van der Waals surface area contributed by atoms with Crippen LogP contribution in [-0.4, -0.2) is 75.3 Å². The van der Waals surface area contributed by atoms with Crippen molar-refractivity contribution < 1.29 is 39.6 Å². The van der Waals surface area contributed by atoms with Crippen LogP contribution in [0.3, 0.4) is 0 Å². The van der Waals surface area contributed by atoms with E-state index in [1.165, 1.54) is 0 Å². The maximum Gasteiger partial charge on any atom is 4.00 e. The fourth-order valence-electron chi connectivity index (χ4n) is 0. The van der Waals surface area contributed by atoms with Gasteiger partial charge in [-0.25, -0.2) is 0 Å². The summed E-state index contributed by atoms with van der Waals surface area (Å²) < 4.78 is 0. The van der Waals surface area contributed by atoms with Gasteiger partial charge in [0.05, 0.1) is 23.9 Å². The number of carbonyl (C=O) groups is 4. The maximum absolute atomic E-state index is 8.93. The summed E-state index contributed by atoms with van der Waals surface area (Å²) in [6, 6.07) is 0. The van der Waals surface area contributed by atoms with Crippen LogP contribution in [0.2, 0.25) is 0 Å². The van der Waals surface area contributed by atoms with Crippen LogP contribution >= 0.6 is 0 Å². The van der Waals surface area contributed by atoms with Gasteiger partial charge in [-0.05, 0) is 0 Å². The van der Waals surface area contributed by atoms with E-state index in [0.29, 0.717) is 0 Å². The zero-order valence-electron chi connectivity index (χ0n) is 6.27. The molecule has 8 nitrogen and oxygen atoms in total. The first kappa shape index (κ1) is 18.3. The summed E-state index contributed by atoms with van der Waals surface area (Å²) in [6.07, 6.45) is 0. The second kappa shape index (κ2) is 9.60. The molecule has 0 fully saturated rings. The molecule has 0 N–H and O–H groups in total. The Hall–Kier alpha value is -0.484. The summed E-state index contributed by atoms with van der Waals surface area (Å²) in [5, 5.41) is 35.7. The molecule has 11 radical (unpaired) electrons. The number of carboxylic acid groups (broad SMARTS) is 4. The molecule has 0 aliphatic heterocycles. The molecule has 0 aromatic heterocycles. The third-order valence-corrected chi connectivity index (χ3v) is 0.333. The van der Waals surface area contributed by atoms with Gasteiger partial charge in [-0.1, -0.05) is 0 Å². The first-order chi connectivity index (χ1) is 5.29. The molecule has 0 aliphatic carbocycles. The Bertz CT molecular complexity index is 172. The maximum atomic E-state index is 8.93. The molecular formula is C4KO8. The third kappa shape index (κ3) is 18.5. The average molecular weight is 215 g/mol. The van der Waals surface area contributed by atoms with E-state index in [1.54, 1.807) is 0 Å². The van der Waals surface area contributed by atoms with Gasteiger partial charge in [0.2, 0.25) is 0 Å². The van der Waals surface area contributed by atoms with Gasteiger partial charge in [0.15, 0.2) is 0 Å². The molecule has 0 unspecified atom stereocenters. The second-order valence-electron chi connectivity index (χ2n) is 1.15. The fourth-order valence-corrected chi connectivity index (χ4v) is 0. The van der Waals surface area contributed by atoms with Crippen LogP contribution in [0.4, 0.5) is 0 Å². The first-order valence-corrected chi connectivity index (χ1v) is 2.13. The summed E-state index contributed by atoms with van der Waals surface area (Å²) in [5.74, 6) is -8.74. The van der Waals surface area contributed by atoms with E-state index in [-0.39, 0.29) is 51.4 Å². The van der Waals surface area contributed by atoms with Crippen LogP contribution in [-0.2, 0) is 19.2 Å². The Morgan fingerprint density at radius 1 is 0.538 bits per heavy atom. The summed E-state index contributed by atoms with van der Waals surface area (Å²) in [5.41, 5.74) is 0. The van der Waals surface area contributed by atoms with E-state index in [1.807, 2.05) is 0 Å². The summed E-state index contributed by atoms with van der Waals surface area (Å²) >= 11 is 0. The smallest absolute Gasteiger partial charge is 0.543 e. The van der Waals surface area contributed by atoms with Crippen LogP contribution in [0.5, 0.6) is 0 Å². The summed E-state index contributed by atoms with van der Waals surface area (Å²) in [6.45, 7) is 0. The first-order valence-electron chi connectivity index (χ1n) is 2.13. The zero-order chi connectivity index (χ0) is 10.3. The van der Waals surface area contributed by atoms with Crippen molar-refractivity contribution >= 4 is 75.3 Å². The van der Waals surface area contributed by atoms with Crippen molar-refractivity contribution in [2.45, 2.75) is 0 Å².